The fourth-order valence-corrected chi connectivity index (χ4v) is 2.54. The second-order valence-electron chi connectivity index (χ2n) is 7.20. The molecule has 0 saturated heterocycles. The van der Waals surface area contributed by atoms with Crippen molar-refractivity contribution in [2.45, 2.75) is 72.0 Å². The Labute approximate surface area is 105 Å². The van der Waals surface area contributed by atoms with Crippen LogP contribution in [0.5, 0.6) is 0 Å². The first-order valence-electron chi connectivity index (χ1n) is 6.40. The van der Waals surface area contributed by atoms with Gasteiger partial charge in [0.15, 0.2) is 0 Å². The first-order valence-corrected chi connectivity index (χ1v) is 6.40. The van der Waals surface area contributed by atoms with E-state index in [4.69, 9.17) is 4.74 Å². The van der Waals surface area contributed by atoms with Gasteiger partial charge in [-0.05, 0) is 52.4 Å². The summed E-state index contributed by atoms with van der Waals surface area (Å²) >= 11 is 0. The Morgan fingerprint density at radius 2 is 1.82 bits per heavy atom. The summed E-state index contributed by atoms with van der Waals surface area (Å²) in [4.78, 5) is 12.0. The molecule has 0 aromatic carbocycles. The SMILES string of the molecule is CC(C(=O)OC(C)(C)C)C1(O)CCC(C)(C)C1. The highest BCUT2D eigenvalue weighted by atomic mass is 16.6. The smallest absolute Gasteiger partial charge is 0.312 e. The molecular weight excluding hydrogens is 216 g/mol. The minimum Gasteiger partial charge on any atom is -0.460 e. The van der Waals surface area contributed by atoms with E-state index in [9.17, 15) is 9.90 Å². The molecule has 3 nitrogen and oxygen atoms in total. The van der Waals surface area contributed by atoms with Gasteiger partial charge in [0.05, 0.1) is 11.5 Å². The van der Waals surface area contributed by atoms with Gasteiger partial charge in [0.1, 0.15) is 5.60 Å². The minimum absolute atomic E-state index is 0.116. The van der Waals surface area contributed by atoms with Crippen LogP contribution in [0.25, 0.3) is 0 Å². The fraction of sp³-hybridized carbons (Fsp3) is 0.929. The number of hydrogen-bond acceptors (Lipinski definition) is 3. The summed E-state index contributed by atoms with van der Waals surface area (Å²) in [6.45, 7) is 11.6. The number of rotatable bonds is 2. The van der Waals surface area contributed by atoms with Crippen LogP contribution in [0.2, 0.25) is 0 Å². The van der Waals surface area contributed by atoms with Crippen molar-refractivity contribution in [1.29, 1.82) is 0 Å². The van der Waals surface area contributed by atoms with Crippen LogP contribution in [0, 0.1) is 11.3 Å². The molecule has 100 valence electrons. The van der Waals surface area contributed by atoms with Gasteiger partial charge in [-0.15, -0.1) is 0 Å². The molecule has 1 fully saturated rings. The molecule has 1 aliphatic rings. The number of carbonyl (C=O) groups excluding carboxylic acids is 1. The first kappa shape index (κ1) is 14.5. The zero-order chi connectivity index (χ0) is 13.5. The zero-order valence-electron chi connectivity index (χ0n) is 12.0. The van der Waals surface area contributed by atoms with Crippen molar-refractivity contribution in [3.8, 4) is 0 Å². The second-order valence-corrected chi connectivity index (χ2v) is 7.20. The van der Waals surface area contributed by atoms with E-state index in [2.05, 4.69) is 13.8 Å². The highest BCUT2D eigenvalue weighted by Crippen LogP contribution is 2.47. The Morgan fingerprint density at radius 3 is 2.18 bits per heavy atom. The van der Waals surface area contributed by atoms with Crippen molar-refractivity contribution < 1.29 is 14.6 Å². The van der Waals surface area contributed by atoms with E-state index in [0.717, 1.165) is 6.42 Å². The van der Waals surface area contributed by atoms with Gasteiger partial charge in [-0.1, -0.05) is 13.8 Å². The number of hydrogen-bond donors (Lipinski definition) is 1. The Balaban J connectivity index is 2.70. The standard InChI is InChI=1S/C14H26O3/c1-10(11(15)17-12(2,3)4)14(16)8-7-13(5,6)9-14/h10,16H,7-9H2,1-6H3. The number of carbonyl (C=O) groups is 1. The van der Waals surface area contributed by atoms with Gasteiger partial charge >= 0.3 is 5.97 Å². The Kier molecular flexibility index (Phi) is 3.64. The summed E-state index contributed by atoms with van der Waals surface area (Å²) in [7, 11) is 0. The van der Waals surface area contributed by atoms with Crippen LogP contribution >= 0.6 is 0 Å². The van der Waals surface area contributed by atoms with Crippen LogP contribution in [0.4, 0.5) is 0 Å². The summed E-state index contributed by atoms with van der Waals surface area (Å²) in [6, 6.07) is 0. The molecule has 0 aliphatic heterocycles. The molecule has 3 heteroatoms. The third kappa shape index (κ3) is 3.70. The van der Waals surface area contributed by atoms with Crippen molar-refractivity contribution in [2.24, 2.45) is 11.3 Å². The van der Waals surface area contributed by atoms with Crippen LogP contribution < -0.4 is 0 Å². The molecule has 0 bridgehead atoms. The van der Waals surface area contributed by atoms with Gasteiger partial charge in [-0.2, -0.15) is 0 Å². The van der Waals surface area contributed by atoms with E-state index >= 15 is 0 Å². The van der Waals surface area contributed by atoms with E-state index in [1.54, 1.807) is 6.92 Å². The quantitative estimate of drug-likeness (QED) is 0.757. The van der Waals surface area contributed by atoms with Crippen molar-refractivity contribution >= 4 is 5.97 Å². The van der Waals surface area contributed by atoms with Gasteiger partial charge in [-0.3, -0.25) is 4.79 Å². The van der Waals surface area contributed by atoms with Crippen LogP contribution in [0.15, 0.2) is 0 Å². The molecular formula is C14H26O3. The molecule has 2 atom stereocenters. The summed E-state index contributed by atoms with van der Waals surface area (Å²) in [6.07, 6.45) is 2.30. The molecule has 0 amide bonds. The van der Waals surface area contributed by atoms with E-state index in [1.807, 2.05) is 20.8 Å². The highest BCUT2D eigenvalue weighted by Gasteiger charge is 2.48. The molecule has 0 heterocycles. The zero-order valence-corrected chi connectivity index (χ0v) is 12.0. The van der Waals surface area contributed by atoms with Gasteiger partial charge in [0.2, 0.25) is 0 Å². The van der Waals surface area contributed by atoms with E-state index in [0.29, 0.717) is 12.8 Å². The third-order valence-electron chi connectivity index (χ3n) is 3.59. The number of esters is 1. The predicted molar refractivity (Wildman–Crippen MR) is 67.6 cm³/mol. The minimum atomic E-state index is -0.897. The molecule has 17 heavy (non-hydrogen) atoms. The van der Waals surface area contributed by atoms with Gasteiger partial charge < -0.3 is 9.84 Å². The average molecular weight is 242 g/mol. The van der Waals surface area contributed by atoms with E-state index in [1.165, 1.54) is 0 Å². The molecule has 0 aromatic heterocycles. The average Bonchev–Trinajstić information content (AvgIpc) is 2.37. The van der Waals surface area contributed by atoms with Gasteiger partial charge in [0.25, 0.3) is 0 Å². The Hall–Kier alpha value is -0.570. The Morgan fingerprint density at radius 1 is 1.29 bits per heavy atom. The largest absolute Gasteiger partial charge is 0.460 e. The topological polar surface area (TPSA) is 46.5 Å². The summed E-state index contributed by atoms with van der Waals surface area (Å²) in [5.41, 5.74) is -1.27. The first-order chi connectivity index (χ1) is 7.45. The number of aliphatic hydroxyl groups is 1. The molecule has 1 rings (SSSR count). The number of ether oxygens (including phenoxy) is 1. The molecule has 0 aromatic rings. The van der Waals surface area contributed by atoms with Crippen LogP contribution in [-0.4, -0.2) is 22.3 Å². The van der Waals surface area contributed by atoms with Crippen molar-refractivity contribution in [3.05, 3.63) is 0 Å². The summed E-state index contributed by atoms with van der Waals surface area (Å²) < 4.78 is 5.35. The maximum absolute atomic E-state index is 12.0. The lowest BCUT2D eigenvalue weighted by Gasteiger charge is -2.32. The maximum atomic E-state index is 12.0. The van der Waals surface area contributed by atoms with Crippen LogP contribution in [0.3, 0.4) is 0 Å². The van der Waals surface area contributed by atoms with Crippen LogP contribution in [0.1, 0.15) is 60.8 Å². The lowest BCUT2D eigenvalue weighted by Crippen LogP contribution is -2.42. The third-order valence-corrected chi connectivity index (χ3v) is 3.59. The fourth-order valence-electron chi connectivity index (χ4n) is 2.54. The van der Waals surface area contributed by atoms with Crippen molar-refractivity contribution in [3.63, 3.8) is 0 Å². The van der Waals surface area contributed by atoms with Crippen LogP contribution in [-0.2, 0) is 9.53 Å². The summed E-state index contributed by atoms with van der Waals surface area (Å²) in [5.74, 6) is -0.749. The molecule has 0 radical (unpaired) electrons. The molecule has 1 saturated carbocycles. The normalized spacial score (nSPS) is 30.1. The van der Waals surface area contributed by atoms with Crippen molar-refractivity contribution in [1.82, 2.24) is 0 Å². The van der Waals surface area contributed by atoms with Gasteiger partial charge in [0, 0.05) is 0 Å². The monoisotopic (exact) mass is 242 g/mol. The van der Waals surface area contributed by atoms with Gasteiger partial charge in [-0.25, -0.2) is 0 Å². The maximum Gasteiger partial charge on any atom is 0.312 e. The highest BCUT2D eigenvalue weighted by molar-refractivity contribution is 5.74. The van der Waals surface area contributed by atoms with Crippen molar-refractivity contribution in [2.75, 3.05) is 0 Å². The molecule has 0 spiro atoms. The second kappa shape index (κ2) is 4.27. The summed E-state index contributed by atoms with van der Waals surface area (Å²) in [5, 5.41) is 10.6. The molecule has 1 aliphatic carbocycles. The lowest BCUT2D eigenvalue weighted by molar-refractivity contribution is -0.169. The predicted octanol–water partition coefficient (Wildman–Crippen LogP) is 2.91. The molecule has 2 unspecified atom stereocenters. The lowest BCUT2D eigenvalue weighted by atomic mass is 9.83. The Bertz CT molecular complexity index is 301. The molecule has 1 N–H and O–H groups in total. The van der Waals surface area contributed by atoms with E-state index in [-0.39, 0.29) is 11.4 Å². The van der Waals surface area contributed by atoms with E-state index < -0.39 is 17.1 Å².